The summed E-state index contributed by atoms with van der Waals surface area (Å²) in [6.45, 7) is 7.31. The second-order valence-electron chi connectivity index (χ2n) is 7.61. The van der Waals surface area contributed by atoms with Gasteiger partial charge in [0.25, 0.3) is 5.69 Å². The Balaban J connectivity index is 1.50. The third-order valence-corrected chi connectivity index (χ3v) is 4.95. The van der Waals surface area contributed by atoms with Crippen LogP contribution in [0.15, 0.2) is 48.5 Å². The molecule has 2 aromatic carbocycles. The molecule has 1 heterocycles. The first-order valence-electron chi connectivity index (χ1n) is 9.85. The van der Waals surface area contributed by atoms with E-state index in [9.17, 15) is 14.9 Å². The van der Waals surface area contributed by atoms with E-state index in [2.05, 4.69) is 36.2 Å². The van der Waals surface area contributed by atoms with Crippen LogP contribution in [0, 0.1) is 10.1 Å². The Labute approximate surface area is 170 Å². The number of nitro benzene ring substituents is 1. The van der Waals surface area contributed by atoms with Gasteiger partial charge in [0.05, 0.1) is 23.6 Å². The van der Waals surface area contributed by atoms with Crippen molar-refractivity contribution in [2.45, 2.75) is 45.6 Å². The molecule has 1 N–H and O–H groups in total. The predicted octanol–water partition coefficient (Wildman–Crippen LogP) is 3.06. The highest BCUT2D eigenvalue weighted by atomic mass is 16.6. The number of hydrogen-bond acceptors (Lipinski definition) is 5. The molecule has 7 heteroatoms. The van der Waals surface area contributed by atoms with Gasteiger partial charge < -0.3 is 10.1 Å². The third-order valence-electron chi connectivity index (χ3n) is 4.95. The number of rotatable bonds is 7. The van der Waals surface area contributed by atoms with Gasteiger partial charge in [-0.2, -0.15) is 0 Å². The zero-order chi connectivity index (χ0) is 20.8. The number of nitrogens with one attached hydrogen (secondary N) is 1. The molecule has 1 aliphatic heterocycles. The molecule has 1 aliphatic rings. The lowest BCUT2D eigenvalue weighted by atomic mass is 10.1. The summed E-state index contributed by atoms with van der Waals surface area (Å²) in [5.41, 5.74) is 2.60. The lowest BCUT2D eigenvalue weighted by Crippen LogP contribution is -2.44. The molecule has 1 fully saturated rings. The molecule has 2 aromatic rings. The monoisotopic (exact) mass is 397 g/mol. The Hall–Kier alpha value is -2.77. The molecule has 0 aromatic heterocycles. The minimum Gasteiger partial charge on any atom is -0.373 e. The number of carbonyl (C=O) groups is 1. The normalized spacial score (nSPS) is 19.7. The molecule has 7 nitrogen and oxygen atoms in total. The van der Waals surface area contributed by atoms with Crippen LogP contribution in [0.25, 0.3) is 0 Å². The minimum absolute atomic E-state index is 0.0113. The Kier molecular flexibility index (Phi) is 6.95. The molecular formula is C22H27N3O4. The van der Waals surface area contributed by atoms with Crippen molar-refractivity contribution in [3.63, 3.8) is 0 Å². The summed E-state index contributed by atoms with van der Waals surface area (Å²) < 4.78 is 5.77. The average Bonchev–Trinajstić information content (AvgIpc) is 2.67. The topological polar surface area (TPSA) is 84.7 Å². The van der Waals surface area contributed by atoms with Gasteiger partial charge in [-0.3, -0.25) is 19.8 Å². The minimum atomic E-state index is -0.461. The van der Waals surface area contributed by atoms with Crippen molar-refractivity contribution in [1.29, 1.82) is 0 Å². The molecule has 2 unspecified atom stereocenters. The van der Waals surface area contributed by atoms with E-state index in [1.165, 1.54) is 11.6 Å². The predicted molar refractivity (Wildman–Crippen MR) is 110 cm³/mol. The van der Waals surface area contributed by atoms with Crippen LogP contribution in [0.5, 0.6) is 0 Å². The average molecular weight is 397 g/mol. The van der Waals surface area contributed by atoms with E-state index >= 15 is 0 Å². The smallest absolute Gasteiger partial charge is 0.273 e. The summed E-state index contributed by atoms with van der Waals surface area (Å²) in [7, 11) is 0. The first kappa shape index (κ1) is 21.0. The van der Waals surface area contributed by atoms with Crippen LogP contribution in [-0.2, 0) is 29.0 Å². The fourth-order valence-corrected chi connectivity index (χ4v) is 3.71. The molecule has 0 aliphatic carbocycles. The molecule has 0 bridgehead atoms. The van der Waals surface area contributed by atoms with Gasteiger partial charge in [-0.1, -0.05) is 42.5 Å². The van der Waals surface area contributed by atoms with E-state index in [4.69, 9.17) is 4.74 Å². The summed E-state index contributed by atoms with van der Waals surface area (Å²) in [5, 5.41) is 13.9. The number of nitro groups is 1. The van der Waals surface area contributed by atoms with Crippen LogP contribution < -0.4 is 5.32 Å². The lowest BCUT2D eigenvalue weighted by molar-refractivity contribution is -0.385. The van der Waals surface area contributed by atoms with Crippen LogP contribution in [0.4, 0.5) is 5.69 Å². The van der Waals surface area contributed by atoms with E-state index in [0.717, 1.165) is 25.2 Å². The molecule has 0 spiro atoms. The quantitative estimate of drug-likeness (QED) is 0.573. The van der Waals surface area contributed by atoms with Crippen molar-refractivity contribution >= 4 is 11.6 Å². The number of amides is 1. The van der Waals surface area contributed by atoms with Crippen molar-refractivity contribution in [2.24, 2.45) is 0 Å². The van der Waals surface area contributed by atoms with Crippen LogP contribution in [0.2, 0.25) is 0 Å². The van der Waals surface area contributed by atoms with E-state index in [-0.39, 0.29) is 30.2 Å². The molecule has 3 rings (SSSR count). The molecule has 0 radical (unpaired) electrons. The molecule has 154 valence electrons. The Bertz CT molecular complexity index is 843. The molecule has 0 saturated carbocycles. The van der Waals surface area contributed by atoms with Crippen molar-refractivity contribution < 1.29 is 14.5 Å². The van der Waals surface area contributed by atoms with Gasteiger partial charge >= 0.3 is 0 Å². The summed E-state index contributed by atoms with van der Waals surface area (Å²) >= 11 is 0. The first-order valence-corrected chi connectivity index (χ1v) is 9.85. The second-order valence-corrected chi connectivity index (χ2v) is 7.61. The zero-order valence-corrected chi connectivity index (χ0v) is 16.8. The van der Waals surface area contributed by atoms with E-state index in [1.807, 2.05) is 12.1 Å². The number of hydrogen-bond donors (Lipinski definition) is 1. The number of morpholine rings is 1. The number of para-hydroxylation sites is 1. The van der Waals surface area contributed by atoms with Crippen LogP contribution in [0.1, 0.15) is 30.5 Å². The van der Waals surface area contributed by atoms with Crippen molar-refractivity contribution in [1.82, 2.24) is 10.2 Å². The maximum Gasteiger partial charge on any atom is 0.273 e. The molecule has 2 atom stereocenters. The Morgan fingerprint density at radius 3 is 2.38 bits per heavy atom. The highest BCUT2D eigenvalue weighted by Crippen LogP contribution is 2.18. The third kappa shape index (κ3) is 6.10. The number of ether oxygens (including phenoxy) is 1. The zero-order valence-electron chi connectivity index (χ0n) is 16.8. The largest absolute Gasteiger partial charge is 0.373 e. The fourth-order valence-electron chi connectivity index (χ4n) is 3.71. The van der Waals surface area contributed by atoms with Crippen LogP contribution in [0.3, 0.4) is 0 Å². The van der Waals surface area contributed by atoms with Gasteiger partial charge in [-0.05, 0) is 25.0 Å². The molecule has 1 amide bonds. The van der Waals surface area contributed by atoms with Gasteiger partial charge in [-0.25, -0.2) is 0 Å². The second kappa shape index (κ2) is 9.62. The molecule has 29 heavy (non-hydrogen) atoms. The standard InChI is InChI=1S/C22H27N3O4/c1-16-13-24(14-17(2)29-16)15-19-9-7-18(8-10-19)12-23-22(26)11-20-5-3-4-6-21(20)25(27)28/h3-10,16-17H,11-15H2,1-2H3,(H,23,26). The lowest BCUT2D eigenvalue weighted by Gasteiger charge is -2.35. The van der Waals surface area contributed by atoms with Crippen LogP contribution in [-0.4, -0.2) is 41.0 Å². The van der Waals surface area contributed by atoms with Gasteiger partial charge in [0, 0.05) is 37.8 Å². The molecular weight excluding hydrogens is 370 g/mol. The summed E-state index contributed by atoms with van der Waals surface area (Å²) in [6, 6.07) is 14.5. The van der Waals surface area contributed by atoms with E-state index in [0.29, 0.717) is 12.1 Å². The number of carbonyl (C=O) groups excluding carboxylic acids is 1. The summed E-state index contributed by atoms with van der Waals surface area (Å²) in [5.74, 6) is -0.236. The van der Waals surface area contributed by atoms with Crippen molar-refractivity contribution in [3.8, 4) is 0 Å². The SMILES string of the molecule is CC1CN(Cc2ccc(CNC(=O)Cc3ccccc3[N+](=O)[O-])cc2)CC(C)O1. The highest BCUT2D eigenvalue weighted by Gasteiger charge is 2.22. The maximum atomic E-state index is 12.2. The highest BCUT2D eigenvalue weighted by molar-refractivity contribution is 5.79. The fraction of sp³-hybridized carbons (Fsp3) is 0.409. The molecule has 1 saturated heterocycles. The summed E-state index contributed by atoms with van der Waals surface area (Å²) in [6.07, 6.45) is 0.477. The van der Waals surface area contributed by atoms with E-state index in [1.54, 1.807) is 18.2 Å². The Morgan fingerprint density at radius 1 is 1.10 bits per heavy atom. The maximum absolute atomic E-state index is 12.2. The van der Waals surface area contributed by atoms with Gasteiger partial charge in [0.2, 0.25) is 5.91 Å². The number of nitrogens with zero attached hydrogens (tertiary/aromatic N) is 2. The number of benzene rings is 2. The van der Waals surface area contributed by atoms with Gasteiger partial charge in [0.1, 0.15) is 0 Å². The van der Waals surface area contributed by atoms with Gasteiger partial charge in [-0.15, -0.1) is 0 Å². The van der Waals surface area contributed by atoms with Crippen molar-refractivity contribution in [3.05, 3.63) is 75.3 Å². The first-order chi connectivity index (χ1) is 13.9. The Morgan fingerprint density at radius 2 is 1.72 bits per heavy atom. The van der Waals surface area contributed by atoms with E-state index < -0.39 is 4.92 Å². The van der Waals surface area contributed by atoms with Crippen molar-refractivity contribution in [2.75, 3.05) is 13.1 Å². The summed E-state index contributed by atoms with van der Waals surface area (Å²) in [4.78, 5) is 25.2. The van der Waals surface area contributed by atoms with Crippen LogP contribution >= 0.6 is 0 Å². The van der Waals surface area contributed by atoms with Gasteiger partial charge in [0.15, 0.2) is 0 Å².